The number of carbonyl (C=O) groups excluding carboxylic acids is 1. The van der Waals surface area contributed by atoms with Crippen molar-refractivity contribution in [2.24, 2.45) is 0 Å². The molecule has 2 N–H and O–H groups in total. The monoisotopic (exact) mass is 467 g/mol. The van der Waals surface area contributed by atoms with Crippen LogP contribution >= 0.6 is 23.1 Å². The van der Waals surface area contributed by atoms with E-state index in [0.717, 1.165) is 23.1 Å². The minimum Gasteiger partial charge on any atom is -0.495 e. The molecule has 3 aromatic heterocycles. The number of Topliss-reactive ketones (excluding diaryl/α,β-unsaturated/α-hetero) is 1. The molecular formula is C19H19F2N5O3S2. The van der Waals surface area contributed by atoms with Gasteiger partial charge in [-0.3, -0.25) is 4.79 Å². The quantitative estimate of drug-likeness (QED) is 0.308. The molecule has 0 spiro atoms. The Kier molecular flexibility index (Phi) is 6.42. The van der Waals surface area contributed by atoms with Gasteiger partial charge in [-0.1, -0.05) is 11.8 Å². The number of ether oxygens (including phenoxy) is 1. The van der Waals surface area contributed by atoms with E-state index in [1.807, 2.05) is 0 Å². The molecule has 1 aliphatic heterocycles. The molecule has 8 nitrogen and oxygen atoms in total. The standard InChI is InChI=1S/C19H19F2N5O3S2/c1-29-10-6-11-15(23-7-10)25-16(14(20)21)26-17(11)30-9-12(27)13-8-24-18(31-13)19(28)2-4-22-5-3-19/h6-8,14,22,28H,2-5,9H2,1H3. The van der Waals surface area contributed by atoms with Gasteiger partial charge in [0.05, 0.1) is 29.3 Å². The number of hydrogen-bond acceptors (Lipinski definition) is 10. The summed E-state index contributed by atoms with van der Waals surface area (Å²) in [6.45, 7) is 1.36. The molecule has 0 saturated carbocycles. The smallest absolute Gasteiger partial charge is 0.297 e. The molecule has 0 aromatic carbocycles. The van der Waals surface area contributed by atoms with Crippen molar-refractivity contribution >= 4 is 39.9 Å². The number of fused-ring (bicyclic) bond motifs is 1. The molecule has 12 heteroatoms. The van der Waals surface area contributed by atoms with E-state index in [4.69, 9.17) is 4.74 Å². The van der Waals surface area contributed by atoms with E-state index in [-0.39, 0.29) is 22.2 Å². The Morgan fingerprint density at radius 2 is 2.10 bits per heavy atom. The Hall–Kier alpha value is -2.28. The summed E-state index contributed by atoms with van der Waals surface area (Å²) < 4.78 is 31.6. The molecule has 31 heavy (non-hydrogen) atoms. The van der Waals surface area contributed by atoms with Crippen molar-refractivity contribution in [3.63, 3.8) is 0 Å². The zero-order valence-electron chi connectivity index (χ0n) is 16.5. The van der Waals surface area contributed by atoms with Gasteiger partial charge in [-0.15, -0.1) is 11.3 Å². The molecule has 164 valence electrons. The second-order valence-corrected chi connectivity index (χ2v) is 8.95. The van der Waals surface area contributed by atoms with Gasteiger partial charge in [0, 0.05) is 6.20 Å². The van der Waals surface area contributed by atoms with Crippen LogP contribution in [-0.4, -0.2) is 56.8 Å². The maximum Gasteiger partial charge on any atom is 0.297 e. The van der Waals surface area contributed by atoms with E-state index >= 15 is 0 Å². The van der Waals surface area contributed by atoms with Crippen molar-refractivity contribution < 1.29 is 23.4 Å². The molecule has 0 radical (unpaired) electrons. The van der Waals surface area contributed by atoms with Gasteiger partial charge >= 0.3 is 0 Å². The van der Waals surface area contributed by atoms with E-state index in [1.165, 1.54) is 19.5 Å². The Bertz CT molecular complexity index is 1110. The lowest BCUT2D eigenvalue weighted by molar-refractivity contribution is 0.00574. The number of hydrogen-bond donors (Lipinski definition) is 2. The molecule has 0 amide bonds. The molecule has 3 aromatic rings. The molecule has 0 bridgehead atoms. The minimum atomic E-state index is -2.86. The highest BCUT2D eigenvalue weighted by Crippen LogP contribution is 2.34. The molecule has 1 saturated heterocycles. The Labute approximate surface area is 184 Å². The molecule has 0 aliphatic carbocycles. The predicted octanol–water partition coefficient (Wildman–Crippen LogP) is 2.97. The number of nitrogens with zero attached hydrogens (tertiary/aromatic N) is 4. The van der Waals surface area contributed by atoms with Crippen LogP contribution in [0.1, 0.15) is 39.8 Å². The lowest BCUT2D eigenvalue weighted by Gasteiger charge is -2.30. The van der Waals surface area contributed by atoms with E-state index in [0.29, 0.717) is 47.0 Å². The number of nitrogens with one attached hydrogen (secondary N) is 1. The summed E-state index contributed by atoms with van der Waals surface area (Å²) >= 11 is 2.19. The first-order valence-corrected chi connectivity index (χ1v) is 11.2. The number of pyridine rings is 1. The minimum absolute atomic E-state index is 0.0341. The average Bonchev–Trinajstić information content (AvgIpc) is 3.28. The van der Waals surface area contributed by atoms with Gasteiger partial charge in [0.1, 0.15) is 21.4 Å². The molecule has 1 fully saturated rings. The number of ketones is 1. The lowest BCUT2D eigenvalue weighted by atomic mass is 9.93. The van der Waals surface area contributed by atoms with Crippen LogP contribution in [0.3, 0.4) is 0 Å². The topological polar surface area (TPSA) is 110 Å². The molecule has 0 atom stereocenters. The van der Waals surface area contributed by atoms with Crippen molar-refractivity contribution in [3.8, 4) is 5.75 Å². The average molecular weight is 468 g/mol. The third kappa shape index (κ3) is 4.66. The first-order valence-electron chi connectivity index (χ1n) is 9.45. The predicted molar refractivity (Wildman–Crippen MR) is 112 cm³/mol. The lowest BCUT2D eigenvalue weighted by Crippen LogP contribution is -2.39. The molecule has 4 rings (SSSR count). The largest absolute Gasteiger partial charge is 0.495 e. The van der Waals surface area contributed by atoms with Gasteiger partial charge in [0.25, 0.3) is 6.43 Å². The van der Waals surface area contributed by atoms with Gasteiger partial charge in [0.2, 0.25) is 0 Å². The second-order valence-electron chi connectivity index (χ2n) is 6.96. The maximum atomic E-state index is 13.2. The van der Waals surface area contributed by atoms with Gasteiger partial charge in [-0.25, -0.2) is 28.7 Å². The third-order valence-electron chi connectivity index (χ3n) is 4.89. The van der Waals surface area contributed by atoms with Crippen LogP contribution in [0.25, 0.3) is 11.0 Å². The summed E-state index contributed by atoms with van der Waals surface area (Å²) in [7, 11) is 1.46. The molecule has 4 heterocycles. The fourth-order valence-electron chi connectivity index (χ4n) is 3.18. The van der Waals surface area contributed by atoms with Crippen LogP contribution in [-0.2, 0) is 5.60 Å². The first-order chi connectivity index (χ1) is 14.9. The second kappa shape index (κ2) is 9.07. The van der Waals surface area contributed by atoms with Crippen LogP contribution in [0.5, 0.6) is 5.75 Å². The summed E-state index contributed by atoms with van der Waals surface area (Å²) in [5, 5.41) is 15.1. The van der Waals surface area contributed by atoms with Crippen LogP contribution in [0, 0.1) is 0 Å². The highest BCUT2D eigenvalue weighted by atomic mass is 32.2. The highest BCUT2D eigenvalue weighted by molar-refractivity contribution is 8.00. The number of thioether (sulfide) groups is 1. The van der Waals surface area contributed by atoms with Crippen molar-refractivity contribution in [1.29, 1.82) is 0 Å². The maximum absolute atomic E-state index is 13.2. The van der Waals surface area contributed by atoms with Crippen LogP contribution < -0.4 is 10.1 Å². The number of methoxy groups -OCH3 is 1. The number of thiazole rings is 1. The van der Waals surface area contributed by atoms with Crippen LogP contribution in [0.2, 0.25) is 0 Å². The Morgan fingerprint density at radius 1 is 1.32 bits per heavy atom. The number of carbonyl (C=O) groups is 1. The van der Waals surface area contributed by atoms with Crippen molar-refractivity contribution in [3.05, 3.63) is 34.2 Å². The van der Waals surface area contributed by atoms with E-state index < -0.39 is 17.9 Å². The highest BCUT2D eigenvalue weighted by Gasteiger charge is 2.34. The summed E-state index contributed by atoms with van der Waals surface area (Å²) in [4.78, 5) is 29.2. The molecule has 1 aliphatic rings. The third-order valence-corrected chi connectivity index (χ3v) is 7.11. The fraction of sp³-hybridized carbons (Fsp3) is 0.421. The summed E-state index contributed by atoms with van der Waals surface area (Å²) in [5.41, 5.74) is -0.923. The number of aromatic nitrogens is 4. The number of rotatable bonds is 7. The van der Waals surface area contributed by atoms with Gasteiger partial charge in [0.15, 0.2) is 17.3 Å². The summed E-state index contributed by atoms with van der Waals surface area (Å²) in [6, 6.07) is 1.60. The number of halogens is 2. The Balaban J connectivity index is 1.55. The van der Waals surface area contributed by atoms with Crippen molar-refractivity contribution in [2.45, 2.75) is 29.9 Å². The zero-order chi connectivity index (χ0) is 22.0. The van der Waals surface area contributed by atoms with E-state index in [1.54, 1.807) is 6.07 Å². The Morgan fingerprint density at radius 3 is 2.81 bits per heavy atom. The van der Waals surface area contributed by atoms with Crippen LogP contribution in [0.15, 0.2) is 23.5 Å². The molecule has 0 unspecified atom stereocenters. The molecular weight excluding hydrogens is 448 g/mol. The summed E-state index contributed by atoms with van der Waals surface area (Å²) in [5.74, 6) is -0.481. The van der Waals surface area contributed by atoms with E-state index in [9.17, 15) is 18.7 Å². The van der Waals surface area contributed by atoms with Gasteiger partial charge < -0.3 is 15.2 Å². The first kappa shape index (κ1) is 21.9. The number of aliphatic hydroxyl groups is 1. The fourth-order valence-corrected chi connectivity index (χ4v) is 5.16. The SMILES string of the molecule is COc1cnc2nc(C(F)F)nc(SCC(=O)c3cnc(C4(O)CCNCC4)s3)c2c1. The number of piperidine rings is 1. The van der Waals surface area contributed by atoms with Crippen molar-refractivity contribution in [2.75, 3.05) is 26.0 Å². The van der Waals surface area contributed by atoms with E-state index in [2.05, 4.69) is 25.3 Å². The van der Waals surface area contributed by atoms with Gasteiger partial charge in [-0.05, 0) is 32.0 Å². The normalized spacial score (nSPS) is 16.0. The number of alkyl halides is 2. The van der Waals surface area contributed by atoms with Crippen molar-refractivity contribution in [1.82, 2.24) is 25.3 Å². The van der Waals surface area contributed by atoms with Gasteiger partial charge in [-0.2, -0.15) is 0 Å². The van der Waals surface area contributed by atoms with Crippen LogP contribution in [0.4, 0.5) is 8.78 Å². The summed E-state index contributed by atoms with van der Waals surface area (Å²) in [6.07, 6.45) is 1.03. The zero-order valence-corrected chi connectivity index (χ0v) is 18.1.